The number of hydrogen-bond acceptors (Lipinski definition) is 4. The second-order valence-corrected chi connectivity index (χ2v) is 4.89. The predicted octanol–water partition coefficient (Wildman–Crippen LogP) is 2.72. The Morgan fingerprint density at radius 1 is 1.35 bits per heavy atom. The van der Waals surface area contributed by atoms with E-state index < -0.39 is 5.82 Å². The van der Waals surface area contributed by atoms with Crippen molar-refractivity contribution < 1.29 is 9.18 Å². The van der Waals surface area contributed by atoms with Crippen LogP contribution in [0.2, 0.25) is 0 Å². The molecule has 0 saturated carbocycles. The molecule has 0 unspecified atom stereocenters. The predicted molar refractivity (Wildman–Crippen MR) is 73.6 cm³/mol. The third-order valence-electron chi connectivity index (χ3n) is 2.62. The highest BCUT2D eigenvalue weighted by atomic mass is 32.1. The molecule has 3 rings (SSSR count). The third kappa shape index (κ3) is 2.43. The summed E-state index contributed by atoms with van der Waals surface area (Å²) < 4.78 is 15.3. The quantitative estimate of drug-likeness (QED) is 0.806. The van der Waals surface area contributed by atoms with E-state index in [9.17, 15) is 9.18 Å². The standard InChI is InChI=1S/C13H9FN4OS/c14-10-6-9(17-13(19)12-2-1-5-20-12)3-4-11(10)18-8-15-7-16-18/h1-8H,(H,17,19). The van der Waals surface area contributed by atoms with E-state index in [0.717, 1.165) is 0 Å². The Hall–Kier alpha value is -2.54. The second kappa shape index (κ2) is 5.22. The summed E-state index contributed by atoms with van der Waals surface area (Å²) >= 11 is 1.33. The number of nitrogens with one attached hydrogen (secondary N) is 1. The highest BCUT2D eigenvalue weighted by molar-refractivity contribution is 7.12. The van der Waals surface area contributed by atoms with Crippen molar-refractivity contribution in [2.75, 3.05) is 5.32 Å². The first-order chi connectivity index (χ1) is 9.74. The summed E-state index contributed by atoms with van der Waals surface area (Å²) in [7, 11) is 0. The molecule has 1 aromatic carbocycles. The Bertz CT molecular complexity index is 725. The van der Waals surface area contributed by atoms with Crippen molar-refractivity contribution in [3.63, 3.8) is 0 Å². The summed E-state index contributed by atoms with van der Waals surface area (Å²) in [5, 5.41) is 8.31. The summed E-state index contributed by atoms with van der Waals surface area (Å²) in [6.07, 6.45) is 2.73. The molecular formula is C13H9FN4OS. The van der Waals surface area contributed by atoms with Crippen LogP contribution < -0.4 is 5.32 Å². The average molecular weight is 288 g/mol. The lowest BCUT2D eigenvalue weighted by Crippen LogP contribution is -2.10. The lowest BCUT2D eigenvalue weighted by Gasteiger charge is -2.07. The van der Waals surface area contributed by atoms with Crippen LogP contribution in [0.1, 0.15) is 9.67 Å². The molecule has 1 N–H and O–H groups in total. The molecule has 20 heavy (non-hydrogen) atoms. The molecule has 0 saturated heterocycles. The fourth-order valence-electron chi connectivity index (χ4n) is 1.70. The summed E-state index contributed by atoms with van der Waals surface area (Å²) in [5.74, 6) is -0.743. The molecule has 0 bridgehead atoms. The molecule has 5 nitrogen and oxygen atoms in total. The van der Waals surface area contributed by atoms with Crippen LogP contribution in [-0.2, 0) is 0 Å². The molecule has 0 spiro atoms. The summed E-state index contributed by atoms with van der Waals surface area (Å²) in [6.45, 7) is 0. The summed E-state index contributed by atoms with van der Waals surface area (Å²) in [6, 6.07) is 7.90. The minimum Gasteiger partial charge on any atom is -0.321 e. The van der Waals surface area contributed by atoms with Gasteiger partial charge in [0.1, 0.15) is 18.3 Å². The Balaban J connectivity index is 1.82. The van der Waals surface area contributed by atoms with Gasteiger partial charge in [0, 0.05) is 5.69 Å². The Morgan fingerprint density at radius 3 is 2.90 bits per heavy atom. The number of hydrogen-bond donors (Lipinski definition) is 1. The second-order valence-electron chi connectivity index (χ2n) is 3.94. The largest absolute Gasteiger partial charge is 0.321 e. The highest BCUT2D eigenvalue weighted by Gasteiger charge is 2.10. The topological polar surface area (TPSA) is 59.8 Å². The normalized spacial score (nSPS) is 10.4. The van der Waals surface area contributed by atoms with Crippen molar-refractivity contribution in [3.8, 4) is 5.69 Å². The van der Waals surface area contributed by atoms with Crippen LogP contribution in [0.3, 0.4) is 0 Å². The van der Waals surface area contributed by atoms with E-state index in [1.165, 1.54) is 40.8 Å². The maximum absolute atomic E-state index is 14.0. The number of aromatic nitrogens is 3. The molecule has 0 atom stereocenters. The zero-order valence-corrected chi connectivity index (χ0v) is 11.0. The average Bonchev–Trinajstić information content (AvgIpc) is 3.12. The molecule has 2 aromatic heterocycles. The van der Waals surface area contributed by atoms with Crippen molar-refractivity contribution in [2.45, 2.75) is 0 Å². The number of benzene rings is 1. The fraction of sp³-hybridized carbons (Fsp3) is 0. The van der Waals surface area contributed by atoms with E-state index in [-0.39, 0.29) is 11.6 Å². The third-order valence-corrected chi connectivity index (χ3v) is 3.48. The van der Waals surface area contributed by atoms with Gasteiger partial charge in [-0.3, -0.25) is 4.79 Å². The van der Waals surface area contributed by atoms with Crippen molar-refractivity contribution in [2.24, 2.45) is 0 Å². The number of halogens is 1. The van der Waals surface area contributed by atoms with Crippen LogP contribution in [0.5, 0.6) is 0 Å². The van der Waals surface area contributed by atoms with Gasteiger partial charge in [0.2, 0.25) is 0 Å². The van der Waals surface area contributed by atoms with Gasteiger partial charge in [-0.15, -0.1) is 11.3 Å². The molecule has 2 heterocycles. The molecule has 3 aromatic rings. The van der Waals surface area contributed by atoms with E-state index in [2.05, 4.69) is 15.4 Å². The molecule has 0 aliphatic rings. The van der Waals surface area contributed by atoms with Gasteiger partial charge in [0.05, 0.1) is 4.88 Å². The number of rotatable bonds is 3. The number of anilines is 1. The van der Waals surface area contributed by atoms with Gasteiger partial charge in [-0.05, 0) is 29.6 Å². The number of thiophene rings is 1. The number of nitrogens with zero attached hydrogens (tertiary/aromatic N) is 3. The SMILES string of the molecule is O=C(Nc1ccc(-n2cncn2)c(F)c1)c1cccs1. The minimum atomic E-state index is -0.487. The molecule has 100 valence electrons. The Kier molecular flexibility index (Phi) is 3.26. The Labute approximate surface area is 117 Å². The molecule has 0 aliphatic carbocycles. The monoisotopic (exact) mass is 288 g/mol. The van der Waals surface area contributed by atoms with Gasteiger partial charge >= 0.3 is 0 Å². The highest BCUT2D eigenvalue weighted by Crippen LogP contribution is 2.19. The molecular weight excluding hydrogens is 279 g/mol. The fourth-order valence-corrected chi connectivity index (χ4v) is 2.32. The zero-order chi connectivity index (χ0) is 13.9. The number of carbonyl (C=O) groups excluding carboxylic acids is 1. The van der Waals surface area contributed by atoms with E-state index in [1.807, 2.05) is 5.38 Å². The number of amides is 1. The van der Waals surface area contributed by atoms with Crippen LogP contribution in [0.25, 0.3) is 5.69 Å². The maximum Gasteiger partial charge on any atom is 0.265 e. The van der Waals surface area contributed by atoms with E-state index in [0.29, 0.717) is 10.6 Å². The Morgan fingerprint density at radius 2 is 2.25 bits per heavy atom. The van der Waals surface area contributed by atoms with E-state index >= 15 is 0 Å². The lowest BCUT2D eigenvalue weighted by atomic mass is 10.2. The molecule has 0 aliphatic heterocycles. The van der Waals surface area contributed by atoms with Crippen molar-refractivity contribution in [1.82, 2.24) is 14.8 Å². The lowest BCUT2D eigenvalue weighted by molar-refractivity contribution is 0.103. The number of carbonyl (C=O) groups is 1. The van der Waals surface area contributed by atoms with Crippen molar-refractivity contribution in [1.29, 1.82) is 0 Å². The minimum absolute atomic E-state index is 0.257. The van der Waals surface area contributed by atoms with Crippen LogP contribution >= 0.6 is 11.3 Å². The molecule has 7 heteroatoms. The smallest absolute Gasteiger partial charge is 0.265 e. The van der Waals surface area contributed by atoms with Gasteiger partial charge < -0.3 is 5.32 Å². The first-order valence-electron chi connectivity index (χ1n) is 5.73. The van der Waals surface area contributed by atoms with Crippen LogP contribution in [0.15, 0.2) is 48.4 Å². The van der Waals surface area contributed by atoms with Gasteiger partial charge in [-0.1, -0.05) is 6.07 Å². The first-order valence-corrected chi connectivity index (χ1v) is 6.61. The molecule has 0 radical (unpaired) electrons. The van der Waals surface area contributed by atoms with Gasteiger partial charge in [0.25, 0.3) is 5.91 Å². The van der Waals surface area contributed by atoms with Crippen LogP contribution in [-0.4, -0.2) is 20.7 Å². The van der Waals surface area contributed by atoms with Crippen LogP contribution in [0, 0.1) is 5.82 Å². The van der Waals surface area contributed by atoms with Gasteiger partial charge in [-0.25, -0.2) is 14.1 Å². The first kappa shape index (κ1) is 12.5. The van der Waals surface area contributed by atoms with Crippen molar-refractivity contribution >= 4 is 22.9 Å². The van der Waals surface area contributed by atoms with Crippen molar-refractivity contribution in [3.05, 3.63) is 59.1 Å². The molecule has 0 fully saturated rings. The summed E-state index contributed by atoms with van der Waals surface area (Å²) in [5.41, 5.74) is 0.668. The molecule has 1 amide bonds. The van der Waals surface area contributed by atoms with Crippen LogP contribution in [0.4, 0.5) is 10.1 Å². The zero-order valence-electron chi connectivity index (χ0n) is 10.2. The summed E-state index contributed by atoms with van der Waals surface area (Å²) in [4.78, 5) is 16.2. The maximum atomic E-state index is 14.0. The van der Waals surface area contributed by atoms with E-state index in [4.69, 9.17) is 0 Å². The van der Waals surface area contributed by atoms with Gasteiger partial charge in [-0.2, -0.15) is 5.10 Å². The van der Waals surface area contributed by atoms with E-state index in [1.54, 1.807) is 18.2 Å². The van der Waals surface area contributed by atoms with Gasteiger partial charge in [0.15, 0.2) is 5.82 Å².